The number of nitrogen functional groups attached to an aromatic ring is 1. The summed E-state index contributed by atoms with van der Waals surface area (Å²) in [5.41, 5.74) is 6.94. The second kappa shape index (κ2) is 8.36. The van der Waals surface area contributed by atoms with E-state index in [0.29, 0.717) is 28.6 Å². The van der Waals surface area contributed by atoms with Gasteiger partial charge in [0, 0.05) is 16.0 Å². The molecule has 2 N–H and O–H groups in total. The van der Waals surface area contributed by atoms with E-state index >= 15 is 0 Å². The molecular weight excluding hydrogens is 485 g/mol. The predicted octanol–water partition coefficient (Wildman–Crippen LogP) is 3.49. The van der Waals surface area contributed by atoms with Crippen molar-refractivity contribution in [2.24, 2.45) is 0 Å². The molecule has 8 nitrogen and oxygen atoms in total. The molecule has 2 aromatic heterocycles. The van der Waals surface area contributed by atoms with Gasteiger partial charge in [-0.05, 0) is 65.8 Å². The van der Waals surface area contributed by atoms with E-state index in [-0.39, 0.29) is 12.1 Å². The van der Waals surface area contributed by atoms with Crippen LogP contribution in [0, 0.1) is 3.57 Å². The standard InChI is InChI=1S/C20H20IN5O3/c1-28-20(27)15-9-12(21)5-8-17(15)29-14-7-6-13(10-14)26-11-23-25-19(26)16-3-2-4-18(22)24-16/h2-5,8-9,11,13-14H,6-7,10H2,1H3,(H2,22,24). The van der Waals surface area contributed by atoms with Crippen molar-refractivity contribution in [1.82, 2.24) is 19.7 Å². The first-order chi connectivity index (χ1) is 14.0. The molecule has 9 heteroatoms. The zero-order chi connectivity index (χ0) is 20.4. The largest absolute Gasteiger partial charge is 0.489 e. The summed E-state index contributed by atoms with van der Waals surface area (Å²) in [4.78, 5) is 16.5. The molecule has 0 radical (unpaired) electrons. The Hall–Kier alpha value is -2.69. The Bertz CT molecular complexity index is 1040. The number of hydrogen-bond acceptors (Lipinski definition) is 7. The van der Waals surface area contributed by atoms with Gasteiger partial charge in [0.05, 0.1) is 7.11 Å². The second-order valence-electron chi connectivity index (χ2n) is 6.85. The van der Waals surface area contributed by atoms with Crippen LogP contribution in [0.15, 0.2) is 42.7 Å². The maximum Gasteiger partial charge on any atom is 0.341 e. The van der Waals surface area contributed by atoms with Crippen LogP contribution < -0.4 is 10.5 Å². The van der Waals surface area contributed by atoms with Crippen LogP contribution >= 0.6 is 22.6 Å². The van der Waals surface area contributed by atoms with Crippen molar-refractivity contribution in [3.05, 3.63) is 51.9 Å². The fourth-order valence-electron chi connectivity index (χ4n) is 3.60. The first kappa shape index (κ1) is 19.6. The molecule has 0 amide bonds. The Kier molecular flexibility index (Phi) is 5.65. The van der Waals surface area contributed by atoms with Gasteiger partial charge in [0.2, 0.25) is 0 Å². The number of methoxy groups -OCH3 is 1. The number of rotatable bonds is 5. The molecule has 1 fully saturated rings. The number of carbonyl (C=O) groups is 1. The molecule has 2 unspecified atom stereocenters. The molecule has 4 rings (SSSR count). The van der Waals surface area contributed by atoms with Crippen molar-refractivity contribution < 1.29 is 14.3 Å². The molecule has 1 aliphatic rings. The Morgan fingerprint density at radius 3 is 2.93 bits per heavy atom. The van der Waals surface area contributed by atoms with Crippen LogP contribution in [0.4, 0.5) is 5.82 Å². The summed E-state index contributed by atoms with van der Waals surface area (Å²) in [5, 5.41) is 8.30. The third-order valence-corrected chi connectivity index (χ3v) is 5.63. The number of nitrogens with two attached hydrogens (primary N) is 1. The lowest BCUT2D eigenvalue weighted by Gasteiger charge is -2.17. The Morgan fingerprint density at radius 2 is 2.14 bits per heavy atom. The minimum Gasteiger partial charge on any atom is -0.489 e. The average Bonchev–Trinajstić information content (AvgIpc) is 3.38. The van der Waals surface area contributed by atoms with Gasteiger partial charge in [-0.2, -0.15) is 0 Å². The number of nitrogens with zero attached hydrogens (tertiary/aromatic N) is 4. The molecule has 150 valence electrons. The highest BCUT2D eigenvalue weighted by molar-refractivity contribution is 14.1. The van der Waals surface area contributed by atoms with E-state index in [4.69, 9.17) is 15.2 Å². The zero-order valence-corrected chi connectivity index (χ0v) is 17.9. The number of pyridine rings is 1. The van der Waals surface area contributed by atoms with Gasteiger partial charge in [0.15, 0.2) is 5.82 Å². The Balaban J connectivity index is 1.52. The summed E-state index contributed by atoms with van der Waals surface area (Å²) in [6.45, 7) is 0. The normalized spacial score (nSPS) is 18.6. The summed E-state index contributed by atoms with van der Waals surface area (Å²) in [6.07, 6.45) is 4.25. The highest BCUT2D eigenvalue weighted by atomic mass is 127. The van der Waals surface area contributed by atoms with Crippen LogP contribution in [0.25, 0.3) is 11.5 Å². The maximum absolute atomic E-state index is 12.1. The molecule has 0 spiro atoms. The summed E-state index contributed by atoms with van der Waals surface area (Å²) in [7, 11) is 1.37. The molecule has 1 aliphatic carbocycles. The predicted molar refractivity (Wildman–Crippen MR) is 115 cm³/mol. The molecule has 0 saturated heterocycles. The highest BCUT2D eigenvalue weighted by Gasteiger charge is 2.30. The minimum atomic E-state index is -0.401. The number of ether oxygens (including phenoxy) is 2. The second-order valence-corrected chi connectivity index (χ2v) is 8.09. The van der Waals surface area contributed by atoms with Crippen LogP contribution in [0.3, 0.4) is 0 Å². The third kappa shape index (κ3) is 4.19. The lowest BCUT2D eigenvalue weighted by molar-refractivity contribution is 0.0593. The van der Waals surface area contributed by atoms with E-state index < -0.39 is 5.97 Å². The SMILES string of the molecule is COC(=O)c1cc(I)ccc1OC1CCC(n2cnnc2-c2cccc(N)n2)C1. The number of halogens is 1. The molecule has 0 bridgehead atoms. The summed E-state index contributed by atoms with van der Waals surface area (Å²) in [6, 6.07) is 11.1. The number of esters is 1. The van der Waals surface area contributed by atoms with Crippen LogP contribution in [0.2, 0.25) is 0 Å². The summed E-state index contributed by atoms with van der Waals surface area (Å²) >= 11 is 2.16. The number of hydrogen-bond donors (Lipinski definition) is 1. The Labute approximate surface area is 181 Å². The van der Waals surface area contributed by atoms with Gasteiger partial charge < -0.3 is 19.8 Å². The van der Waals surface area contributed by atoms with E-state index in [1.807, 2.05) is 28.8 Å². The smallest absolute Gasteiger partial charge is 0.341 e. The number of anilines is 1. The molecule has 2 heterocycles. The van der Waals surface area contributed by atoms with Gasteiger partial charge in [-0.15, -0.1) is 10.2 Å². The van der Waals surface area contributed by atoms with Crippen LogP contribution in [0.5, 0.6) is 5.75 Å². The van der Waals surface area contributed by atoms with Gasteiger partial charge in [0.25, 0.3) is 0 Å². The first-order valence-electron chi connectivity index (χ1n) is 9.22. The van der Waals surface area contributed by atoms with E-state index in [1.165, 1.54) is 7.11 Å². The fourth-order valence-corrected chi connectivity index (χ4v) is 4.09. The summed E-state index contributed by atoms with van der Waals surface area (Å²) < 4.78 is 14.0. The van der Waals surface area contributed by atoms with Crippen LogP contribution in [0.1, 0.15) is 35.7 Å². The van der Waals surface area contributed by atoms with Gasteiger partial charge in [-0.25, -0.2) is 9.78 Å². The van der Waals surface area contributed by atoms with E-state index in [9.17, 15) is 4.79 Å². The average molecular weight is 505 g/mol. The maximum atomic E-state index is 12.1. The lowest BCUT2D eigenvalue weighted by atomic mass is 10.2. The molecule has 0 aliphatic heterocycles. The first-order valence-corrected chi connectivity index (χ1v) is 10.3. The van der Waals surface area contributed by atoms with E-state index in [0.717, 1.165) is 22.8 Å². The number of benzene rings is 1. The number of aromatic nitrogens is 4. The molecule has 1 aromatic carbocycles. The third-order valence-electron chi connectivity index (χ3n) is 4.96. The molecule has 3 aromatic rings. The zero-order valence-electron chi connectivity index (χ0n) is 15.8. The van der Waals surface area contributed by atoms with Crippen molar-refractivity contribution >= 4 is 34.4 Å². The lowest BCUT2D eigenvalue weighted by Crippen LogP contribution is -2.16. The van der Waals surface area contributed by atoms with Gasteiger partial charge >= 0.3 is 5.97 Å². The van der Waals surface area contributed by atoms with Crippen molar-refractivity contribution in [2.75, 3.05) is 12.8 Å². The quantitative estimate of drug-likeness (QED) is 0.418. The van der Waals surface area contributed by atoms with Crippen molar-refractivity contribution in [1.29, 1.82) is 0 Å². The minimum absolute atomic E-state index is 0.0208. The van der Waals surface area contributed by atoms with Gasteiger partial charge in [-0.1, -0.05) is 6.07 Å². The van der Waals surface area contributed by atoms with Gasteiger partial charge in [0.1, 0.15) is 35.3 Å². The van der Waals surface area contributed by atoms with Crippen LogP contribution in [-0.2, 0) is 4.74 Å². The number of carbonyl (C=O) groups excluding carboxylic acids is 1. The molecule has 29 heavy (non-hydrogen) atoms. The topological polar surface area (TPSA) is 105 Å². The molecule has 2 atom stereocenters. The van der Waals surface area contributed by atoms with Crippen molar-refractivity contribution in [3.8, 4) is 17.3 Å². The van der Waals surface area contributed by atoms with E-state index in [2.05, 4.69) is 37.8 Å². The van der Waals surface area contributed by atoms with Crippen LogP contribution in [-0.4, -0.2) is 38.9 Å². The van der Waals surface area contributed by atoms with Crippen molar-refractivity contribution in [3.63, 3.8) is 0 Å². The molecule has 1 saturated carbocycles. The monoisotopic (exact) mass is 505 g/mol. The Morgan fingerprint density at radius 1 is 1.28 bits per heavy atom. The van der Waals surface area contributed by atoms with E-state index in [1.54, 1.807) is 18.5 Å². The summed E-state index contributed by atoms with van der Waals surface area (Å²) in [5.74, 6) is 1.28. The fraction of sp³-hybridized carbons (Fsp3) is 0.300. The highest BCUT2D eigenvalue weighted by Crippen LogP contribution is 2.36. The van der Waals surface area contributed by atoms with Crippen molar-refractivity contribution in [2.45, 2.75) is 31.4 Å². The van der Waals surface area contributed by atoms with Gasteiger partial charge in [-0.3, -0.25) is 0 Å². The molecular formula is C20H20IN5O3.